The molecule has 4 heterocycles. The molecule has 172 valence electrons. The van der Waals surface area contributed by atoms with Gasteiger partial charge in [-0.1, -0.05) is 29.8 Å². The number of nitrogens with one attached hydrogen (secondary N) is 3. The minimum Gasteiger partial charge on any atom is -0.456 e. The molecule has 1 aliphatic heterocycles. The Kier molecular flexibility index (Phi) is 5.43. The van der Waals surface area contributed by atoms with Gasteiger partial charge in [0.15, 0.2) is 0 Å². The fourth-order valence-corrected chi connectivity index (χ4v) is 4.12. The number of rotatable bonds is 6. The van der Waals surface area contributed by atoms with Crippen LogP contribution in [0.15, 0.2) is 55.0 Å². The van der Waals surface area contributed by atoms with E-state index in [4.69, 9.17) is 21.1 Å². The fourth-order valence-electron chi connectivity index (χ4n) is 3.88. The molecule has 1 atom stereocenters. The van der Waals surface area contributed by atoms with Gasteiger partial charge in [0.1, 0.15) is 28.4 Å². The highest BCUT2D eigenvalue weighted by atomic mass is 35.5. The second-order valence-electron chi connectivity index (χ2n) is 8.06. The molecular weight excluding hydrogens is 458 g/mol. The summed E-state index contributed by atoms with van der Waals surface area (Å²) in [5, 5.41) is 6.74. The third kappa shape index (κ3) is 3.74. The molecule has 3 aromatic heterocycles. The summed E-state index contributed by atoms with van der Waals surface area (Å²) < 4.78 is 11.0. The summed E-state index contributed by atoms with van der Waals surface area (Å²) in [4.78, 5) is 37.7. The number of carbonyl (C=O) groups is 2. The first-order chi connectivity index (χ1) is 16.4. The summed E-state index contributed by atoms with van der Waals surface area (Å²) in [5.74, 6) is 0.376. The van der Waals surface area contributed by atoms with Crippen LogP contribution in [0.1, 0.15) is 23.0 Å². The SMILES string of the molecule is COC[C@]1(C)Nc2c(cnc3[nH]cc(C(=O)c4ncc(Oc5ccccc5)cc4Cl)c23)NC1=O. The third-order valence-corrected chi connectivity index (χ3v) is 5.83. The molecule has 0 radical (unpaired) electrons. The lowest BCUT2D eigenvalue weighted by Crippen LogP contribution is -2.53. The molecule has 1 aromatic carbocycles. The van der Waals surface area contributed by atoms with Crippen molar-refractivity contribution in [2.45, 2.75) is 12.5 Å². The van der Waals surface area contributed by atoms with Crippen LogP contribution in [0.5, 0.6) is 11.5 Å². The number of aromatic amines is 1. The standard InChI is InChI=1S/C24H20ClN5O4/c1-24(12-33-2)23(32)29-17-11-28-22-18(20(17)30-24)15(10-27-22)21(31)19-16(25)8-14(9-26-19)34-13-6-4-3-5-7-13/h3-11,30H,12H2,1-2H3,(H,27,28)(H,29,32)/t24-/m0/s1. The predicted molar refractivity (Wildman–Crippen MR) is 128 cm³/mol. The van der Waals surface area contributed by atoms with Gasteiger partial charge in [-0.05, 0) is 19.1 Å². The van der Waals surface area contributed by atoms with Gasteiger partial charge in [-0.2, -0.15) is 0 Å². The maximum atomic E-state index is 13.5. The monoisotopic (exact) mass is 477 g/mol. The molecule has 5 rings (SSSR count). The minimum absolute atomic E-state index is 0.0695. The van der Waals surface area contributed by atoms with Crippen LogP contribution in [0.4, 0.5) is 11.4 Å². The van der Waals surface area contributed by atoms with Crippen molar-refractivity contribution in [2.24, 2.45) is 0 Å². The van der Waals surface area contributed by atoms with E-state index in [0.29, 0.717) is 39.5 Å². The average Bonchev–Trinajstić information content (AvgIpc) is 3.25. The van der Waals surface area contributed by atoms with Gasteiger partial charge in [0, 0.05) is 19.4 Å². The first kappa shape index (κ1) is 21.9. The zero-order valence-corrected chi connectivity index (χ0v) is 19.1. The zero-order chi connectivity index (χ0) is 23.9. The van der Waals surface area contributed by atoms with E-state index >= 15 is 0 Å². The highest BCUT2D eigenvalue weighted by Gasteiger charge is 2.39. The third-order valence-electron chi connectivity index (χ3n) is 5.54. The Labute approximate surface area is 199 Å². The minimum atomic E-state index is -1.03. The molecular formula is C24H20ClN5O4. The van der Waals surface area contributed by atoms with Gasteiger partial charge in [0.25, 0.3) is 5.91 Å². The van der Waals surface area contributed by atoms with Crippen molar-refractivity contribution >= 4 is 45.7 Å². The molecule has 10 heteroatoms. The number of H-pyrrole nitrogens is 1. The molecule has 0 fully saturated rings. The topological polar surface area (TPSA) is 118 Å². The summed E-state index contributed by atoms with van der Waals surface area (Å²) in [6.07, 6.45) is 4.53. The largest absolute Gasteiger partial charge is 0.456 e. The summed E-state index contributed by atoms with van der Waals surface area (Å²) in [6.45, 7) is 1.85. The van der Waals surface area contributed by atoms with Crippen molar-refractivity contribution in [3.63, 3.8) is 0 Å². The number of carbonyl (C=O) groups excluding carboxylic acids is 2. The molecule has 34 heavy (non-hydrogen) atoms. The molecule has 1 aliphatic rings. The Bertz CT molecular complexity index is 1420. The number of benzene rings is 1. The number of hydrogen-bond acceptors (Lipinski definition) is 7. The second kappa shape index (κ2) is 8.44. The van der Waals surface area contributed by atoms with Gasteiger partial charge in [-0.15, -0.1) is 0 Å². The number of halogens is 1. The van der Waals surface area contributed by atoms with Crippen LogP contribution in [-0.4, -0.2) is 45.9 Å². The Morgan fingerprint density at radius 2 is 1.94 bits per heavy atom. The second-order valence-corrected chi connectivity index (χ2v) is 8.47. The zero-order valence-electron chi connectivity index (χ0n) is 18.3. The van der Waals surface area contributed by atoms with Gasteiger partial charge in [-0.25, -0.2) is 9.97 Å². The number of nitrogens with zero attached hydrogens (tertiary/aromatic N) is 2. The number of fused-ring (bicyclic) bond motifs is 3. The number of methoxy groups -OCH3 is 1. The van der Waals surface area contributed by atoms with E-state index in [-0.39, 0.29) is 23.2 Å². The van der Waals surface area contributed by atoms with E-state index < -0.39 is 11.3 Å². The molecule has 0 saturated carbocycles. The summed E-state index contributed by atoms with van der Waals surface area (Å²) in [6, 6.07) is 10.7. The number of ether oxygens (including phenoxy) is 2. The van der Waals surface area contributed by atoms with Crippen molar-refractivity contribution in [3.05, 3.63) is 71.3 Å². The first-order valence-corrected chi connectivity index (χ1v) is 10.8. The van der Waals surface area contributed by atoms with Gasteiger partial charge < -0.3 is 25.1 Å². The van der Waals surface area contributed by atoms with Gasteiger partial charge >= 0.3 is 0 Å². The van der Waals surface area contributed by atoms with Crippen LogP contribution in [-0.2, 0) is 9.53 Å². The molecule has 0 spiro atoms. The Hall–Kier alpha value is -3.95. The van der Waals surface area contributed by atoms with E-state index in [1.165, 1.54) is 19.5 Å². The lowest BCUT2D eigenvalue weighted by Gasteiger charge is -2.35. The van der Waals surface area contributed by atoms with Crippen LogP contribution in [0.25, 0.3) is 11.0 Å². The van der Waals surface area contributed by atoms with Crippen LogP contribution < -0.4 is 15.4 Å². The molecule has 1 amide bonds. The molecule has 4 aromatic rings. The van der Waals surface area contributed by atoms with Gasteiger partial charge in [-0.3, -0.25) is 9.59 Å². The number of pyridine rings is 2. The first-order valence-electron chi connectivity index (χ1n) is 10.4. The van der Waals surface area contributed by atoms with Crippen LogP contribution in [0.2, 0.25) is 5.02 Å². The molecule has 0 saturated heterocycles. The van der Waals surface area contributed by atoms with Crippen molar-refractivity contribution in [1.82, 2.24) is 15.0 Å². The van der Waals surface area contributed by atoms with Crippen molar-refractivity contribution < 1.29 is 19.1 Å². The van der Waals surface area contributed by atoms with E-state index in [2.05, 4.69) is 25.6 Å². The summed E-state index contributed by atoms with van der Waals surface area (Å²) >= 11 is 6.43. The van der Waals surface area contributed by atoms with Crippen LogP contribution in [0, 0.1) is 0 Å². The molecule has 0 unspecified atom stereocenters. The maximum Gasteiger partial charge on any atom is 0.252 e. The quantitative estimate of drug-likeness (QED) is 0.352. The van der Waals surface area contributed by atoms with E-state index in [0.717, 1.165) is 0 Å². The molecule has 0 bridgehead atoms. The van der Waals surface area contributed by atoms with Gasteiger partial charge in [0.05, 0.1) is 46.3 Å². The number of anilines is 2. The Morgan fingerprint density at radius 1 is 1.15 bits per heavy atom. The molecule has 0 aliphatic carbocycles. The number of aromatic nitrogens is 3. The van der Waals surface area contributed by atoms with Crippen molar-refractivity contribution in [2.75, 3.05) is 24.4 Å². The van der Waals surface area contributed by atoms with Gasteiger partial charge in [0.2, 0.25) is 5.78 Å². The number of hydrogen-bond donors (Lipinski definition) is 3. The van der Waals surface area contributed by atoms with Crippen molar-refractivity contribution in [1.29, 1.82) is 0 Å². The normalized spacial score (nSPS) is 17.1. The Balaban J connectivity index is 1.52. The van der Waals surface area contributed by atoms with Crippen molar-refractivity contribution in [3.8, 4) is 11.5 Å². The number of ketones is 1. The predicted octanol–water partition coefficient (Wildman–Crippen LogP) is 4.40. The number of amides is 1. The van der Waals surface area contributed by atoms with E-state index in [1.54, 1.807) is 31.3 Å². The molecule has 3 N–H and O–H groups in total. The highest BCUT2D eigenvalue weighted by Crippen LogP contribution is 2.39. The van der Waals surface area contributed by atoms with Crippen LogP contribution >= 0.6 is 11.6 Å². The number of para-hydroxylation sites is 1. The van der Waals surface area contributed by atoms with Crippen LogP contribution in [0.3, 0.4) is 0 Å². The molecule has 9 nitrogen and oxygen atoms in total. The fraction of sp³-hybridized carbons (Fsp3) is 0.167. The smallest absolute Gasteiger partial charge is 0.252 e. The lowest BCUT2D eigenvalue weighted by atomic mass is 9.96. The average molecular weight is 478 g/mol. The maximum absolute atomic E-state index is 13.5. The highest BCUT2D eigenvalue weighted by molar-refractivity contribution is 6.35. The van der Waals surface area contributed by atoms with E-state index in [9.17, 15) is 9.59 Å². The lowest BCUT2D eigenvalue weighted by molar-refractivity contribution is -0.121. The summed E-state index contributed by atoms with van der Waals surface area (Å²) in [5.41, 5.74) is 0.860. The Morgan fingerprint density at radius 3 is 2.68 bits per heavy atom. The van der Waals surface area contributed by atoms with E-state index in [1.807, 2.05) is 18.2 Å². The summed E-state index contributed by atoms with van der Waals surface area (Å²) in [7, 11) is 1.52.